The maximum absolute atomic E-state index is 12.5. The normalized spacial score (nSPS) is 44.5. The molecule has 0 spiro atoms. The van der Waals surface area contributed by atoms with E-state index in [0.29, 0.717) is 12.2 Å². The van der Waals surface area contributed by atoms with Crippen LogP contribution >= 0.6 is 11.8 Å². The van der Waals surface area contributed by atoms with Gasteiger partial charge >= 0.3 is 5.97 Å². The van der Waals surface area contributed by atoms with Crippen LogP contribution in [0.2, 0.25) is 0 Å². The molecule has 2 aliphatic heterocycles. The first-order chi connectivity index (χ1) is 12.9. The van der Waals surface area contributed by atoms with Gasteiger partial charge in [0.15, 0.2) is 6.61 Å². The Morgan fingerprint density at radius 3 is 2.44 bits per heavy atom. The Morgan fingerprint density at radius 2 is 1.81 bits per heavy atom. The van der Waals surface area contributed by atoms with Crippen molar-refractivity contribution in [3.05, 3.63) is 0 Å². The van der Waals surface area contributed by atoms with Crippen molar-refractivity contribution in [3.63, 3.8) is 0 Å². The Balaban J connectivity index is 1.17. The van der Waals surface area contributed by atoms with Gasteiger partial charge in [0.25, 0.3) is 5.91 Å². The molecule has 0 radical (unpaired) electrons. The monoisotopic (exact) mass is 392 g/mol. The molecule has 7 heteroatoms. The Hall–Kier alpha value is -1.24. The average Bonchev–Trinajstić information content (AvgIpc) is 3.07. The maximum Gasteiger partial charge on any atom is 0.330 e. The lowest BCUT2D eigenvalue weighted by Gasteiger charge is -2.56. The van der Waals surface area contributed by atoms with Crippen molar-refractivity contribution in [1.82, 2.24) is 10.2 Å². The van der Waals surface area contributed by atoms with E-state index in [4.69, 9.17) is 4.74 Å². The van der Waals surface area contributed by atoms with Crippen LogP contribution in [-0.2, 0) is 19.1 Å². The second-order valence-electron chi connectivity index (χ2n) is 9.62. The second kappa shape index (κ2) is 6.13. The number of amides is 2. The van der Waals surface area contributed by atoms with Crippen LogP contribution in [0.15, 0.2) is 0 Å². The molecule has 2 amide bonds. The van der Waals surface area contributed by atoms with E-state index in [9.17, 15) is 14.4 Å². The van der Waals surface area contributed by atoms with Crippen molar-refractivity contribution in [2.75, 3.05) is 12.4 Å². The van der Waals surface area contributed by atoms with Crippen molar-refractivity contribution in [1.29, 1.82) is 0 Å². The standard InChI is InChI=1S/C20H28N2O4S/c1-19-3-2-17(24)22(19)15(11-27-19)18(25)26-10-16(23)21-20-7-12-4-13(8-20)6-14(5-12)9-20/h12-15H,2-11H2,1H3,(H,21,23)/t12?,13?,14?,15-,19-,20?/m0/s1. The third kappa shape index (κ3) is 2.97. The smallest absolute Gasteiger partial charge is 0.330 e. The molecule has 0 unspecified atom stereocenters. The highest BCUT2D eigenvalue weighted by molar-refractivity contribution is 8.01. The van der Waals surface area contributed by atoms with E-state index in [1.54, 1.807) is 16.7 Å². The summed E-state index contributed by atoms with van der Waals surface area (Å²) in [6, 6.07) is -0.553. The number of carbonyl (C=O) groups is 3. The first kappa shape index (κ1) is 17.8. The summed E-state index contributed by atoms with van der Waals surface area (Å²) in [6.07, 6.45) is 8.48. The highest BCUT2D eigenvalue weighted by atomic mass is 32.2. The van der Waals surface area contributed by atoms with Crippen LogP contribution < -0.4 is 5.32 Å². The summed E-state index contributed by atoms with van der Waals surface area (Å²) in [7, 11) is 0. The molecule has 148 valence electrons. The number of ether oxygens (including phenoxy) is 1. The fourth-order valence-corrected chi connectivity index (χ4v) is 8.24. The molecular formula is C20H28N2O4S. The Bertz CT molecular complexity index is 660. The summed E-state index contributed by atoms with van der Waals surface area (Å²) < 4.78 is 5.35. The highest BCUT2D eigenvalue weighted by Crippen LogP contribution is 2.55. The number of hydrogen-bond acceptors (Lipinski definition) is 5. The minimum Gasteiger partial charge on any atom is -0.454 e. The van der Waals surface area contributed by atoms with Gasteiger partial charge in [0.05, 0.1) is 4.87 Å². The zero-order valence-electron chi connectivity index (χ0n) is 15.9. The van der Waals surface area contributed by atoms with Crippen LogP contribution in [0.3, 0.4) is 0 Å². The number of fused-ring (bicyclic) bond motifs is 1. The van der Waals surface area contributed by atoms with Gasteiger partial charge in [0, 0.05) is 17.7 Å². The van der Waals surface area contributed by atoms with Crippen LogP contribution in [0, 0.1) is 17.8 Å². The summed E-state index contributed by atoms with van der Waals surface area (Å²) >= 11 is 1.64. The number of thioether (sulfide) groups is 1. The van der Waals surface area contributed by atoms with Crippen molar-refractivity contribution in [2.24, 2.45) is 17.8 Å². The lowest BCUT2D eigenvalue weighted by Crippen LogP contribution is -2.60. The first-order valence-electron chi connectivity index (χ1n) is 10.3. The molecule has 4 saturated carbocycles. The maximum atomic E-state index is 12.5. The zero-order valence-corrected chi connectivity index (χ0v) is 16.7. The third-order valence-corrected chi connectivity index (χ3v) is 9.01. The van der Waals surface area contributed by atoms with Gasteiger partial charge in [0.2, 0.25) is 5.91 Å². The van der Waals surface area contributed by atoms with Gasteiger partial charge in [-0.15, -0.1) is 11.8 Å². The van der Waals surface area contributed by atoms with E-state index in [1.165, 1.54) is 19.3 Å². The van der Waals surface area contributed by atoms with Crippen LogP contribution in [0.5, 0.6) is 0 Å². The lowest BCUT2D eigenvalue weighted by atomic mass is 9.53. The molecule has 6 fully saturated rings. The number of carbonyl (C=O) groups excluding carboxylic acids is 3. The van der Waals surface area contributed by atoms with E-state index < -0.39 is 12.0 Å². The molecule has 4 bridgehead atoms. The SMILES string of the molecule is C[C@]12CCC(=O)N1[C@H](C(=O)OCC(=O)NC13CC4CC(CC(C4)C1)C3)CS2. The predicted octanol–water partition coefficient (Wildman–Crippen LogP) is 2.07. The topological polar surface area (TPSA) is 75.7 Å². The number of rotatable bonds is 4. The van der Waals surface area contributed by atoms with Crippen LogP contribution in [0.25, 0.3) is 0 Å². The zero-order chi connectivity index (χ0) is 18.8. The van der Waals surface area contributed by atoms with Crippen molar-refractivity contribution in [2.45, 2.75) is 74.7 Å². The summed E-state index contributed by atoms with van der Waals surface area (Å²) in [6.45, 7) is 1.77. The molecule has 1 N–H and O–H groups in total. The van der Waals surface area contributed by atoms with E-state index >= 15 is 0 Å². The molecule has 0 aromatic heterocycles. The van der Waals surface area contributed by atoms with Gasteiger partial charge in [-0.05, 0) is 69.6 Å². The molecule has 6 nitrogen and oxygen atoms in total. The molecule has 2 heterocycles. The fourth-order valence-electron chi connectivity index (χ4n) is 6.82. The van der Waals surface area contributed by atoms with Gasteiger partial charge in [-0.25, -0.2) is 4.79 Å². The van der Waals surface area contributed by atoms with Gasteiger partial charge in [-0.3, -0.25) is 9.59 Å². The Kier molecular flexibility index (Phi) is 4.05. The molecule has 2 saturated heterocycles. The van der Waals surface area contributed by atoms with Gasteiger partial charge in [-0.1, -0.05) is 0 Å². The summed E-state index contributed by atoms with van der Waals surface area (Å²) in [5.41, 5.74) is -0.0645. The van der Waals surface area contributed by atoms with Crippen LogP contribution in [0.1, 0.15) is 58.3 Å². The van der Waals surface area contributed by atoms with Crippen molar-refractivity contribution >= 4 is 29.5 Å². The molecule has 0 aromatic rings. The van der Waals surface area contributed by atoms with E-state index in [1.807, 2.05) is 6.92 Å². The minimum atomic E-state index is -0.553. The largest absolute Gasteiger partial charge is 0.454 e. The average molecular weight is 393 g/mol. The lowest BCUT2D eigenvalue weighted by molar-refractivity contribution is -0.157. The molecule has 0 aromatic carbocycles. The van der Waals surface area contributed by atoms with Crippen LogP contribution in [-0.4, -0.2) is 51.5 Å². The van der Waals surface area contributed by atoms with E-state index in [2.05, 4.69) is 5.32 Å². The quantitative estimate of drug-likeness (QED) is 0.742. The van der Waals surface area contributed by atoms with Gasteiger partial charge < -0.3 is 15.0 Å². The molecule has 6 rings (SSSR count). The van der Waals surface area contributed by atoms with E-state index in [-0.39, 0.29) is 28.8 Å². The number of nitrogens with zero attached hydrogens (tertiary/aromatic N) is 1. The summed E-state index contributed by atoms with van der Waals surface area (Å²) in [5.74, 6) is 2.21. The van der Waals surface area contributed by atoms with Gasteiger partial charge in [0.1, 0.15) is 6.04 Å². The fraction of sp³-hybridized carbons (Fsp3) is 0.850. The van der Waals surface area contributed by atoms with Gasteiger partial charge in [-0.2, -0.15) is 0 Å². The summed E-state index contributed by atoms with van der Waals surface area (Å²) in [5, 5.41) is 3.23. The molecule has 6 aliphatic rings. The predicted molar refractivity (Wildman–Crippen MR) is 101 cm³/mol. The van der Waals surface area contributed by atoms with Crippen molar-refractivity contribution < 1.29 is 19.1 Å². The number of hydrogen-bond donors (Lipinski definition) is 1. The molecule has 27 heavy (non-hydrogen) atoms. The Morgan fingerprint density at radius 1 is 1.19 bits per heavy atom. The molecule has 4 aliphatic carbocycles. The van der Waals surface area contributed by atoms with Crippen molar-refractivity contribution in [3.8, 4) is 0 Å². The summed E-state index contributed by atoms with van der Waals surface area (Å²) in [4.78, 5) is 38.6. The van der Waals surface area contributed by atoms with E-state index in [0.717, 1.165) is 43.4 Å². The minimum absolute atomic E-state index is 0.0162. The van der Waals surface area contributed by atoms with Crippen LogP contribution in [0.4, 0.5) is 0 Å². The Labute approximate surface area is 164 Å². The number of nitrogens with one attached hydrogen (secondary N) is 1. The molecular weight excluding hydrogens is 364 g/mol. The second-order valence-corrected chi connectivity index (χ2v) is 11.1. The highest BCUT2D eigenvalue weighted by Gasteiger charge is 2.54. The third-order valence-electron chi connectivity index (χ3n) is 7.51. The first-order valence-corrected chi connectivity index (χ1v) is 11.3. The number of esters is 1. The molecule has 2 atom stereocenters.